The smallest absolute Gasteiger partial charge is 0.314 e. The van der Waals surface area contributed by atoms with Crippen LogP contribution in [0.25, 0.3) is 0 Å². The molecule has 1 aromatic rings. The van der Waals surface area contributed by atoms with Gasteiger partial charge in [0.1, 0.15) is 0 Å². The number of rotatable bonds is 9. The van der Waals surface area contributed by atoms with Crippen molar-refractivity contribution in [1.82, 2.24) is 15.5 Å². The van der Waals surface area contributed by atoms with Crippen LogP contribution in [0, 0.1) is 16.0 Å². The summed E-state index contributed by atoms with van der Waals surface area (Å²) < 4.78 is 5.39. The lowest BCUT2D eigenvalue weighted by Gasteiger charge is -2.36. The van der Waals surface area contributed by atoms with Gasteiger partial charge in [0.2, 0.25) is 0 Å². The molecular formula is C18H29N5O4. The molecule has 2 rings (SSSR count). The van der Waals surface area contributed by atoms with Gasteiger partial charge < -0.3 is 20.7 Å². The summed E-state index contributed by atoms with van der Waals surface area (Å²) in [5.41, 5.74) is 0.827. The van der Waals surface area contributed by atoms with Crippen LogP contribution in [0.15, 0.2) is 24.3 Å². The van der Waals surface area contributed by atoms with Crippen molar-refractivity contribution in [2.24, 2.45) is 5.92 Å². The normalized spacial score (nSPS) is 16.0. The van der Waals surface area contributed by atoms with Crippen LogP contribution in [0.1, 0.15) is 13.8 Å². The standard InChI is InChI=1S/C18H29N5O4/c1-14(2)17(22-9-11-27-12-10-22)13-21-18(24)20-8-7-19-15-3-5-16(6-4-15)23(25)26/h3-6,14,17,19H,7-13H2,1-2H3,(H2,20,21,24). The van der Waals surface area contributed by atoms with E-state index in [1.165, 1.54) is 12.1 Å². The first kappa shape index (κ1) is 20.9. The molecule has 1 saturated heterocycles. The van der Waals surface area contributed by atoms with Gasteiger partial charge in [-0.1, -0.05) is 13.8 Å². The van der Waals surface area contributed by atoms with Crippen molar-refractivity contribution in [3.63, 3.8) is 0 Å². The molecule has 0 bridgehead atoms. The highest BCUT2D eigenvalue weighted by atomic mass is 16.6. The molecule has 0 radical (unpaired) electrons. The number of hydrogen-bond donors (Lipinski definition) is 3. The second-order valence-corrected chi connectivity index (χ2v) is 6.83. The third-order valence-electron chi connectivity index (χ3n) is 4.57. The van der Waals surface area contributed by atoms with Gasteiger partial charge in [0.25, 0.3) is 5.69 Å². The van der Waals surface area contributed by atoms with Crippen LogP contribution >= 0.6 is 0 Å². The van der Waals surface area contributed by atoms with Crippen LogP contribution in [0.3, 0.4) is 0 Å². The second-order valence-electron chi connectivity index (χ2n) is 6.83. The molecule has 2 amide bonds. The highest BCUT2D eigenvalue weighted by Gasteiger charge is 2.24. The lowest BCUT2D eigenvalue weighted by atomic mass is 10.0. The predicted molar refractivity (Wildman–Crippen MR) is 104 cm³/mol. The first-order valence-corrected chi connectivity index (χ1v) is 9.29. The molecule has 0 saturated carbocycles. The van der Waals surface area contributed by atoms with Crippen molar-refractivity contribution in [3.8, 4) is 0 Å². The Bertz CT molecular complexity index is 602. The van der Waals surface area contributed by atoms with Gasteiger partial charge in [-0.2, -0.15) is 0 Å². The van der Waals surface area contributed by atoms with Gasteiger partial charge in [0.15, 0.2) is 0 Å². The fourth-order valence-electron chi connectivity index (χ4n) is 3.04. The van der Waals surface area contributed by atoms with Crippen molar-refractivity contribution in [2.45, 2.75) is 19.9 Å². The van der Waals surface area contributed by atoms with Gasteiger partial charge in [-0.3, -0.25) is 15.0 Å². The summed E-state index contributed by atoms with van der Waals surface area (Å²) in [6.07, 6.45) is 0. The summed E-state index contributed by atoms with van der Waals surface area (Å²) in [5, 5.41) is 19.5. The van der Waals surface area contributed by atoms with E-state index in [9.17, 15) is 14.9 Å². The Morgan fingerprint density at radius 3 is 2.44 bits per heavy atom. The molecule has 9 nitrogen and oxygen atoms in total. The number of anilines is 1. The molecule has 1 unspecified atom stereocenters. The maximum atomic E-state index is 12.0. The zero-order valence-corrected chi connectivity index (χ0v) is 15.9. The number of non-ortho nitro benzene ring substituents is 1. The SMILES string of the molecule is CC(C)C(CNC(=O)NCCNc1ccc([N+](=O)[O-])cc1)N1CCOCC1. The Kier molecular flexibility index (Phi) is 8.28. The highest BCUT2D eigenvalue weighted by Crippen LogP contribution is 2.15. The van der Waals surface area contributed by atoms with Crippen LogP contribution in [-0.4, -0.2) is 67.8 Å². The fraction of sp³-hybridized carbons (Fsp3) is 0.611. The van der Waals surface area contributed by atoms with Crippen molar-refractivity contribution >= 4 is 17.4 Å². The van der Waals surface area contributed by atoms with E-state index in [1.807, 2.05) is 0 Å². The minimum atomic E-state index is -0.434. The Hall–Kier alpha value is -2.39. The molecule has 150 valence electrons. The highest BCUT2D eigenvalue weighted by molar-refractivity contribution is 5.73. The fourth-order valence-corrected chi connectivity index (χ4v) is 3.04. The molecule has 0 spiro atoms. The van der Waals surface area contributed by atoms with Crippen LogP contribution in [0.4, 0.5) is 16.2 Å². The molecular weight excluding hydrogens is 350 g/mol. The van der Waals surface area contributed by atoms with Crippen molar-refractivity contribution < 1.29 is 14.5 Å². The van der Waals surface area contributed by atoms with Crippen molar-refractivity contribution in [2.75, 3.05) is 51.3 Å². The summed E-state index contributed by atoms with van der Waals surface area (Å²) in [6, 6.07) is 6.28. The first-order chi connectivity index (χ1) is 13.0. The minimum Gasteiger partial charge on any atom is -0.383 e. The molecule has 9 heteroatoms. The predicted octanol–water partition coefficient (Wildman–Crippen LogP) is 1.66. The monoisotopic (exact) mass is 379 g/mol. The van der Waals surface area contributed by atoms with Gasteiger partial charge in [-0.15, -0.1) is 0 Å². The van der Waals surface area contributed by atoms with Crippen LogP contribution in [-0.2, 0) is 4.74 Å². The number of nitro benzene ring substituents is 1. The van der Waals surface area contributed by atoms with Crippen LogP contribution in [0.5, 0.6) is 0 Å². The number of ether oxygens (including phenoxy) is 1. The molecule has 1 aromatic carbocycles. The number of nitro groups is 1. The van der Waals surface area contributed by atoms with Gasteiger partial charge in [0, 0.05) is 56.6 Å². The number of hydrogen-bond acceptors (Lipinski definition) is 6. The van der Waals surface area contributed by atoms with Crippen LogP contribution < -0.4 is 16.0 Å². The summed E-state index contributed by atoms with van der Waals surface area (Å²) >= 11 is 0. The van der Waals surface area contributed by atoms with Crippen molar-refractivity contribution in [3.05, 3.63) is 34.4 Å². The number of urea groups is 1. The molecule has 1 heterocycles. The number of benzene rings is 1. The summed E-state index contributed by atoms with van der Waals surface area (Å²) in [6.45, 7) is 9.17. The van der Waals surface area contributed by atoms with E-state index < -0.39 is 4.92 Å². The zero-order valence-electron chi connectivity index (χ0n) is 15.9. The minimum absolute atomic E-state index is 0.0537. The zero-order chi connectivity index (χ0) is 19.6. The van der Waals surface area contributed by atoms with E-state index in [1.54, 1.807) is 12.1 Å². The lowest BCUT2D eigenvalue weighted by Crippen LogP contribution is -2.52. The third kappa shape index (κ3) is 7.03. The number of amides is 2. The van der Waals surface area contributed by atoms with Gasteiger partial charge in [-0.25, -0.2) is 4.79 Å². The molecule has 1 aliphatic heterocycles. The summed E-state index contributed by atoms with van der Waals surface area (Å²) in [5.74, 6) is 0.437. The van der Waals surface area contributed by atoms with Gasteiger partial charge in [0.05, 0.1) is 18.1 Å². The Labute approximate surface area is 159 Å². The lowest BCUT2D eigenvalue weighted by molar-refractivity contribution is -0.384. The number of carbonyl (C=O) groups is 1. The molecule has 0 aromatic heterocycles. The number of morpholine rings is 1. The van der Waals surface area contributed by atoms with E-state index in [0.29, 0.717) is 25.6 Å². The summed E-state index contributed by atoms with van der Waals surface area (Å²) in [7, 11) is 0. The van der Waals surface area contributed by atoms with E-state index >= 15 is 0 Å². The maximum absolute atomic E-state index is 12.0. The molecule has 0 aliphatic carbocycles. The topological polar surface area (TPSA) is 109 Å². The Morgan fingerprint density at radius 1 is 1.19 bits per heavy atom. The van der Waals surface area contributed by atoms with E-state index in [0.717, 1.165) is 32.0 Å². The first-order valence-electron chi connectivity index (χ1n) is 9.29. The Morgan fingerprint density at radius 2 is 1.85 bits per heavy atom. The average Bonchev–Trinajstić information content (AvgIpc) is 2.66. The number of nitrogens with one attached hydrogen (secondary N) is 3. The largest absolute Gasteiger partial charge is 0.383 e. The summed E-state index contributed by atoms with van der Waals surface area (Å²) in [4.78, 5) is 24.6. The van der Waals surface area contributed by atoms with E-state index in [2.05, 4.69) is 34.7 Å². The third-order valence-corrected chi connectivity index (χ3v) is 4.57. The Balaban J connectivity index is 1.65. The molecule has 1 fully saturated rings. The molecule has 1 atom stereocenters. The number of carbonyl (C=O) groups excluding carboxylic acids is 1. The van der Waals surface area contributed by atoms with Gasteiger partial charge >= 0.3 is 6.03 Å². The van der Waals surface area contributed by atoms with E-state index in [4.69, 9.17) is 4.74 Å². The molecule has 3 N–H and O–H groups in total. The second kappa shape index (κ2) is 10.7. The average molecular weight is 379 g/mol. The quantitative estimate of drug-likeness (QED) is 0.342. The van der Waals surface area contributed by atoms with Gasteiger partial charge in [-0.05, 0) is 18.1 Å². The number of nitrogens with zero attached hydrogens (tertiary/aromatic N) is 2. The van der Waals surface area contributed by atoms with E-state index in [-0.39, 0.29) is 17.8 Å². The van der Waals surface area contributed by atoms with Crippen LogP contribution in [0.2, 0.25) is 0 Å². The van der Waals surface area contributed by atoms with Crippen molar-refractivity contribution in [1.29, 1.82) is 0 Å². The maximum Gasteiger partial charge on any atom is 0.314 e. The molecule has 1 aliphatic rings. The molecule has 27 heavy (non-hydrogen) atoms.